The maximum atomic E-state index is 12.6. The van der Waals surface area contributed by atoms with Gasteiger partial charge >= 0.3 is 5.97 Å². The van der Waals surface area contributed by atoms with E-state index in [0.717, 1.165) is 32.7 Å². The minimum absolute atomic E-state index is 0.198. The van der Waals surface area contributed by atoms with Crippen LogP contribution in [-0.2, 0) is 17.8 Å². The van der Waals surface area contributed by atoms with Crippen LogP contribution in [0.4, 0.5) is 0 Å². The van der Waals surface area contributed by atoms with E-state index in [9.17, 15) is 9.59 Å². The number of fused-ring (bicyclic) bond motifs is 1. The summed E-state index contributed by atoms with van der Waals surface area (Å²) in [6.45, 7) is 7.11. The molecule has 0 amide bonds. The number of aryl methyl sites for hydroxylation is 1. The van der Waals surface area contributed by atoms with E-state index < -0.39 is 5.97 Å². The molecule has 0 unspecified atom stereocenters. The van der Waals surface area contributed by atoms with Crippen molar-refractivity contribution in [2.75, 3.05) is 33.3 Å². The van der Waals surface area contributed by atoms with Crippen molar-refractivity contribution in [2.45, 2.75) is 20.0 Å². The van der Waals surface area contributed by atoms with Gasteiger partial charge in [-0.1, -0.05) is 30.3 Å². The zero-order valence-electron chi connectivity index (χ0n) is 16.6. The molecule has 0 bridgehead atoms. The molecule has 1 aliphatic heterocycles. The number of carbonyl (C=O) groups is 1. The van der Waals surface area contributed by atoms with Gasteiger partial charge in [-0.2, -0.15) is 0 Å². The number of aromatic nitrogens is 2. The second-order valence-electron chi connectivity index (χ2n) is 7.28. The van der Waals surface area contributed by atoms with E-state index >= 15 is 0 Å². The predicted octanol–water partition coefficient (Wildman–Crippen LogP) is 2.40. The van der Waals surface area contributed by atoms with Crippen molar-refractivity contribution in [1.82, 2.24) is 19.8 Å². The fourth-order valence-electron chi connectivity index (χ4n) is 3.71. The Labute approximate surface area is 172 Å². The van der Waals surface area contributed by atoms with E-state index in [4.69, 9.17) is 4.74 Å². The smallest absolute Gasteiger partial charge is 0.348 e. The number of H-pyrrole nitrogens is 1. The van der Waals surface area contributed by atoms with E-state index in [1.54, 1.807) is 6.92 Å². The van der Waals surface area contributed by atoms with Crippen LogP contribution in [-0.4, -0.2) is 59.0 Å². The lowest BCUT2D eigenvalue weighted by molar-refractivity contribution is 0.0605. The molecule has 152 valence electrons. The predicted molar refractivity (Wildman–Crippen MR) is 113 cm³/mol. The lowest BCUT2D eigenvalue weighted by Crippen LogP contribution is -2.45. The number of carbonyl (C=O) groups excluding carboxylic acids is 1. The quantitative estimate of drug-likeness (QED) is 0.649. The number of ether oxygens (including phenoxy) is 1. The second-order valence-corrected chi connectivity index (χ2v) is 8.28. The lowest BCUT2D eigenvalue weighted by Gasteiger charge is -2.34. The van der Waals surface area contributed by atoms with Crippen molar-refractivity contribution >= 4 is 27.5 Å². The van der Waals surface area contributed by atoms with Gasteiger partial charge in [-0.05, 0) is 18.1 Å². The zero-order valence-corrected chi connectivity index (χ0v) is 17.4. The molecule has 3 aromatic rings. The first-order valence-corrected chi connectivity index (χ1v) is 10.5. The van der Waals surface area contributed by atoms with Crippen molar-refractivity contribution in [1.29, 1.82) is 0 Å². The molecule has 0 atom stereocenters. The average molecular weight is 413 g/mol. The van der Waals surface area contributed by atoms with Crippen LogP contribution in [0.15, 0.2) is 35.1 Å². The standard InChI is InChI=1S/C21H24N4O3S/c1-14-17-19(26)22-16(23-20(17)29-18(14)21(27)28-2)13-25-10-8-24(9-11-25)12-15-6-4-3-5-7-15/h3-7H,8-13H2,1-2H3,(H,22,23,26). The van der Waals surface area contributed by atoms with Gasteiger partial charge < -0.3 is 9.72 Å². The van der Waals surface area contributed by atoms with Crippen LogP contribution < -0.4 is 5.56 Å². The Hall–Kier alpha value is -2.55. The first kappa shape index (κ1) is 19.8. The van der Waals surface area contributed by atoms with E-state index in [1.165, 1.54) is 24.0 Å². The molecule has 0 saturated carbocycles. The maximum Gasteiger partial charge on any atom is 0.348 e. The summed E-state index contributed by atoms with van der Waals surface area (Å²) in [7, 11) is 1.34. The molecule has 0 radical (unpaired) electrons. The molecule has 1 N–H and O–H groups in total. The summed E-state index contributed by atoms with van der Waals surface area (Å²) in [5.41, 5.74) is 1.76. The summed E-state index contributed by atoms with van der Waals surface area (Å²) >= 11 is 1.22. The highest BCUT2D eigenvalue weighted by Crippen LogP contribution is 2.27. The lowest BCUT2D eigenvalue weighted by atomic mass is 10.2. The average Bonchev–Trinajstić information content (AvgIpc) is 3.06. The number of benzene rings is 1. The van der Waals surface area contributed by atoms with Crippen LogP contribution in [0.3, 0.4) is 0 Å². The van der Waals surface area contributed by atoms with Gasteiger partial charge in [0, 0.05) is 32.7 Å². The van der Waals surface area contributed by atoms with Gasteiger partial charge in [0.15, 0.2) is 0 Å². The van der Waals surface area contributed by atoms with Crippen LogP contribution in [0.25, 0.3) is 10.2 Å². The first-order valence-electron chi connectivity index (χ1n) is 9.64. The SMILES string of the molecule is COC(=O)c1sc2nc(CN3CCN(Cc4ccccc4)CC3)[nH]c(=O)c2c1C. The minimum atomic E-state index is -0.430. The monoisotopic (exact) mass is 412 g/mol. The van der Waals surface area contributed by atoms with Gasteiger partial charge in [0.1, 0.15) is 15.5 Å². The molecule has 1 fully saturated rings. The highest BCUT2D eigenvalue weighted by Gasteiger charge is 2.21. The molecular formula is C21H24N4O3S. The third-order valence-electron chi connectivity index (χ3n) is 5.31. The molecule has 1 aliphatic rings. The number of hydrogen-bond acceptors (Lipinski definition) is 7. The number of aromatic amines is 1. The maximum absolute atomic E-state index is 12.6. The van der Waals surface area contributed by atoms with Gasteiger partial charge in [-0.15, -0.1) is 11.3 Å². The van der Waals surface area contributed by atoms with Crippen LogP contribution in [0.5, 0.6) is 0 Å². The zero-order chi connectivity index (χ0) is 20.4. The van der Waals surface area contributed by atoms with Gasteiger partial charge in [0.25, 0.3) is 5.56 Å². The Morgan fingerprint density at radius 3 is 2.45 bits per heavy atom. The summed E-state index contributed by atoms with van der Waals surface area (Å²) in [6.07, 6.45) is 0. The summed E-state index contributed by atoms with van der Waals surface area (Å²) in [5, 5.41) is 0.479. The number of hydrogen-bond donors (Lipinski definition) is 1. The van der Waals surface area contributed by atoms with Crippen molar-refractivity contribution in [2.24, 2.45) is 0 Å². The Balaban J connectivity index is 1.43. The van der Waals surface area contributed by atoms with Crippen LogP contribution in [0.1, 0.15) is 26.6 Å². The van der Waals surface area contributed by atoms with Crippen LogP contribution in [0.2, 0.25) is 0 Å². The summed E-state index contributed by atoms with van der Waals surface area (Å²) < 4.78 is 4.81. The molecular weight excluding hydrogens is 388 g/mol. The van der Waals surface area contributed by atoms with Crippen molar-refractivity contribution < 1.29 is 9.53 Å². The van der Waals surface area contributed by atoms with E-state index in [-0.39, 0.29) is 5.56 Å². The molecule has 0 spiro atoms. The molecule has 29 heavy (non-hydrogen) atoms. The number of rotatable bonds is 5. The Kier molecular flexibility index (Phi) is 5.75. The number of piperazine rings is 1. The van der Waals surface area contributed by atoms with Crippen molar-refractivity contribution in [3.63, 3.8) is 0 Å². The van der Waals surface area contributed by atoms with Gasteiger partial charge in [-0.25, -0.2) is 9.78 Å². The van der Waals surface area contributed by atoms with E-state index in [2.05, 4.69) is 44.0 Å². The van der Waals surface area contributed by atoms with E-state index in [1.807, 2.05) is 6.07 Å². The number of thiophene rings is 1. The normalized spacial score (nSPS) is 15.7. The number of methoxy groups -OCH3 is 1. The summed E-state index contributed by atoms with van der Waals surface area (Å²) in [5.74, 6) is 0.206. The first-order chi connectivity index (χ1) is 14.0. The number of nitrogens with zero attached hydrogens (tertiary/aromatic N) is 3. The molecule has 4 rings (SSSR count). The fourth-order valence-corrected chi connectivity index (χ4v) is 4.83. The molecule has 7 nitrogen and oxygen atoms in total. The number of nitrogens with one attached hydrogen (secondary N) is 1. The van der Waals surface area contributed by atoms with E-state index in [0.29, 0.717) is 33.0 Å². The Morgan fingerprint density at radius 2 is 1.79 bits per heavy atom. The Morgan fingerprint density at radius 1 is 1.14 bits per heavy atom. The summed E-state index contributed by atoms with van der Waals surface area (Å²) in [6, 6.07) is 10.5. The number of esters is 1. The molecule has 0 aliphatic carbocycles. The topological polar surface area (TPSA) is 78.5 Å². The van der Waals surface area contributed by atoms with Crippen LogP contribution in [0, 0.1) is 6.92 Å². The highest BCUT2D eigenvalue weighted by atomic mass is 32.1. The van der Waals surface area contributed by atoms with Crippen molar-refractivity contribution in [3.05, 3.63) is 62.5 Å². The van der Waals surface area contributed by atoms with Gasteiger partial charge in [0.05, 0.1) is 19.0 Å². The molecule has 3 heterocycles. The highest BCUT2D eigenvalue weighted by molar-refractivity contribution is 7.20. The van der Waals surface area contributed by atoms with Crippen LogP contribution >= 0.6 is 11.3 Å². The fraction of sp³-hybridized carbons (Fsp3) is 0.381. The van der Waals surface area contributed by atoms with Gasteiger partial charge in [0.2, 0.25) is 0 Å². The third-order valence-corrected chi connectivity index (χ3v) is 6.47. The Bertz CT molecular complexity index is 1070. The second kappa shape index (κ2) is 8.44. The molecule has 8 heteroatoms. The third kappa shape index (κ3) is 4.24. The van der Waals surface area contributed by atoms with Gasteiger partial charge in [-0.3, -0.25) is 14.6 Å². The largest absolute Gasteiger partial charge is 0.465 e. The van der Waals surface area contributed by atoms with Crippen molar-refractivity contribution in [3.8, 4) is 0 Å². The molecule has 2 aromatic heterocycles. The molecule has 1 saturated heterocycles. The minimum Gasteiger partial charge on any atom is -0.465 e. The molecule has 1 aromatic carbocycles. The summed E-state index contributed by atoms with van der Waals surface area (Å²) in [4.78, 5) is 37.8.